The zero-order valence-corrected chi connectivity index (χ0v) is 11.6. The normalized spacial score (nSPS) is 40.2. The summed E-state index contributed by atoms with van der Waals surface area (Å²) in [6.07, 6.45) is 13.1. The van der Waals surface area contributed by atoms with Crippen LogP contribution in [0.4, 0.5) is 0 Å². The van der Waals surface area contributed by atoms with Crippen molar-refractivity contribution in [1.82, 2.24) is 0 Å². The summed E-state index contributed by atoms with van der Waals surface area (Å²) < 4.78 is 0. The molecule has 3 saturated carbocycles. The van der Waals surface area contributed by atoms with Gasteiger partial charge in [-0.25, -0.2) is 0 Å². The van der Waals surface area contributed by atoms with E-state index in [1.54, 1.807) is 0 Å². The van der Waals surface area contributed by atoms with E-state index in [0.717, 1.165) is 11.8 Å². The molecular weight excluding hydrogens is 192 g/mol. The van der Waals surface area contributed by atoms with Crippen molar-refractivity contribution in [3.63, 3.8) is 0 Å². The molecule has 0 heteroatoms. The van der Waals surface area contributed by atoms with Gasteiger partial charge < -0.3 is 0 Å². The maximum absolute atomic E-state index is 2.52. The maximum Gasteiger partial charge on any atom is -0.0266 e. The zero-order chi connectivity index (χ0) is 11.8. The maximum atomic E-state index is 2.52. The summed E-state index contributed by atoms with van der Waals surface area (Å²) in [6, 6.07) is 0. The third-order valence-corrected chi connectivity index (χ3v) is 5.87. The summed E-state index contributed by atoms with van der Waals surface area (Å²) in [6.45, 7) is 9.64. The molecule has 3 atom stereocenters. The molecule has 16 heavy (non-hydrogen) atoms. The van der Waals surface area contributed by atoms with Crippen LogP contribution in [0.3, 0.4) is 0 Å². The van der Waals surface area contributed by atoms with E-state index in [9.17, 15) is 0 Å². The van der Waals surface area contributed by atoms with Crippen LogP contribution in [0.2, 0.25) is 0 Å². The Balaban J connectivity index is 1.74. The summed E-state index contributed by atoms with van der Waals surface area (Å²) >= 11 is 0. The molecule has 0 saturated heterocycles. The second-order valence-corrected chi connectivity index (χ2v) is 6.91. The number of rotatable bonds is 5. The zero-order valence-electron chi connectivity index (χ0n) is 11.6. The molecular formula is C16H28. The van der Waals surface area contributed by atoms with Crippen molar-refractivity contribution in [1.29, 1.82) is 0 Å². The van der Waals surface area contributed by atoms with Crippen LogP contribution < -0.4 is 0 Å². The highest BCUT2D eigenvalue weighted by molar-refractivity contribution is 5.14. The van der Waals surface area contributed by atoms with E-state index in [0.29, 0.717) is 10.8 Å². The molecule has 0 aromatic rings. The molecule has 0 N–H and O–H groups in total. The van der Waals surface area contributed by atoms with Gasteiger partial charge in [-0.1, -0.05) is 45.8 Å². The Morgan fingerprint density at radius 1 is 1.12 bits per heavy atom. The van der Waals surface area contributed by atoms with Crippen LogP contribution in [0.1, 0.15) is 66.2 Å². The molecule has 3 aliphatic carbocycles. The highest BCUT2D eigenvalue weighted by Crippen LogP contribution is 2.73. The Labute approximate surface area is 102 Å². The molecule has 0 spiro atoms. The van der Waals surface area contributed by atoms with Gasteiger partial charge >= 0.3 is 0 Å². The first-order chi connectivity index (χ1) is 7.51. The average molecular weight is 220 g/mol. The van der Waals surface area contributed by atoms with Gasteiger partial charge in [0, 0.05) is 0 Å². The number of fused-ring (bicyclic) bond motifs is 1. The Morgan fingerprint density at radius 3 is 2.38 bits per heavy atom. The van der Waals surface area contributed by atoms with Crippen LogP contribution in [0.25, 0.3) is 0 Å². The predicted molar refractivity (Wildman–Crippen MR) is 71.4 cm³/mol. The van der Waals surface area contributed by atoms with Crippen molar-refractivity contribution < 1.29 is 0 Å². The summed E-state index contributed by atoms with van der Waals surface area (Å²) in [4.78, 5) is 0. The molecule has 0 aromatic heterocycles. The first-order valence-electron chi connectivity index (χ1n) is 7.12. The largest absolute Gasteiger partial charge is 0.0917 e. The Bertz CT molecular complexity index is 271. The molecule has 0 aromatic carbocycles. The smallest absolute Gasteiger partial charge is 0.0266 e. The third kappa shape index (κ3) is 1.75. The lowest BCUT2D eigenvalue weighted by atomic mass is 9.51. The van der Waals surface area contributed by atoms with Crippen molar-refractivity contribution in [2.24, 2.45) is 22.7 Å². The van der Waals surface area contributed by atoms with Crippen LogP contribution in [-0.2, 0) is 0 Å². The van der Waals surface area contributed by atoms with Crippen LogP contribution >= 0.6 is 0 Å². The fraction of sp³-hybridized carbons (Fsp3) is 0.875. The predicted octanol–water partition coefficient (Wildman–Crippen LogP) is 5.20. The van der Waals surface area contributed by atoms with Gasteiger partial charge in [-0.2, -0.15) is 0 Å². The number of unbranched alkanes of at least 4 members (excludes halogenated alkanes) is 2. The number of hydrogen-bond acceptors (Lipinski definition) is 0. The third-order valence-electron chi connectivity index (χ3n) is 5.87. The fourth-order valence-electron chi connectivity index (χ4n) is 4.28. The minimum atomic E-state index is 0.640. The van der Waals surface area contributed by atoms with Crippen molar-refractivity contribution in [2.75, 3.05) is 0 Å². The lowest BCUT2D eigenvalue weighted by molar-refractivity contribution is -0.0464. The van der Waals surface area contributed by atoms with Gasteiger partial charge in [-0.3, -0.25) is 0 Å². The Kier molecular flexibility index (Phi) is 3.20. The molecule has 0 heterocycles. The van der Waals surface area contributed by atoms with Gasteiger partial charge in [0.15, 0.2) is 0 Å². The monoisotopic (exact) mass is 220 g/mol. The topological polar surface area (TPSA) is 0 Å². The first kappa shape index (κ1) is 12.2. The van der Waals surface area contributed by atoms with E-state index in [1.165, 1.54) is 38.5 Å². The quantitative estimate of drug-likeness (QED) is 0.441. The highest BCUT2D eigenvalue weighted by atomic mass is 14.7. The summed E-state index contributed by atoms with van der Waals surface area (Å²) in [5, 5.41) is 0. The second kappa shape index (κ2) is 4.20. The molecule has 2 bridgehead atoms. The molecule has 3 unspecified atom stereocenters. The van der Waals surface area contributed by atoms with Gasteiger partial charge in [-0.05, 0) is 55.3 Å². The summed E-state index contributed by atoms with van der Waals surface area (Å²) in [5.41, 5.74) is 1.33. The van der Waals surface area contributed by atoms with E-state index in [1.807, 2.05) is 0 Å². The highest BCUT2D eigenvalue weighted by Gasteiger charge is 2.65. The SMILES string of the molecule is C/C=C/CCCCC1CC2(C)CC1C2(C)C. The van der Waals surface area contributed by atoms with Gasteiger partial charge in [0.1, 0.15) is 0 Å². The van der Waals surface area contributed by atoms with Crippen LogP contribution in [0.5, 0.6) is 0 Å². The van der Waals surface area contributed by atoms with E-state index >= 15 is 0 Å². The van der Waals surface area contributed by atoms with Gasteiger partial charge in [0.2, 0.25) is 0 Å². The van der Waals surface area contributed by atoms with E-state index < -0.39 is 0 Å². The minimum absolute atomic E-state index is 0.640. The first-order valence-corrected chi connectivity index (χ1v) is 7.12. The lowest BCUT2D eigenvalue weighted by Gasteiger charge is -2.53. The van der Waals surface area contributed by atoms with E-state index in [2.05, 4.69) is 39.8 Å². The molecule has 92 valence electrons. The second-order valence-electron chi connectivity index (χ2n) is 6.91. The van der Waals surface area contributed by atoms with Crippen LogP contribution in [0, 0.1) is 22.7 Å². The van der Waals surface area contributed by atoms with Crippen LogP contribution in [-0.4, -0.2) is 0 Å². The molecule has 3 aliphatic rings. The van der Waals surface area contributed by atoms with Crippen molar-refractivity contribution in [2.45, 2.75) is 66.2 Å². The Hall–Kier alpha value is -0.260. The van der Waals surface area contributed by atoms with E-state index in [-0.39, 0.29) is 0 Å². The fourth-order valence-corrected chi connectivity index (χ4v) is 4.28. The summed E-state index contributed by atoms with van der Waals surface area (Å²) in [5.74, 6) is 2.09. The lowest BCUT2D eigenvalue weighted by Crippen LogP contribution is -2.46. The molecule has 0 nitrogen and oxygen atoms in total. The average Bonchev–Trinajstić information content (AvgIpc) is 2.67. The van der Waals surface area contributed by atoms with Crippen LogP contribution in [0.15, 0.2) is 12.2 Å². The number of allylic oxidation sites excluding steroid dienone is 2. The van der Waals surface area contributed by atoms with Gasteiger partial charge in [0.25, 0.3) is 0 Å². The molecule has 0 radical (unpaired) electrons. The molecule has 0 amide bonds. The van der Waals surface area contributed by atoms with Crippen molar-refractivity contribution in [3.05, 3.63) is 12.2 Å². The molecule has 0 aliphatic heterocycles. The van der Waals surface area contributed by atoms with E-state index in [4.69, 9.17) is 0 Å². The minimum Gasteiger partial charge on any atom is -0.0917 e. The molecule has 3 fully saturated rings. The van der Waals surface area contributed by atoms with Crippen molar-refractivity contribution in [3.8, 4) is 0 Å². The molecule has 3 rings (SSSR count). The number of hydrogen-bond donors (Lipinski definition) is 0. The Morgan fingerprint density at radius 2 is 1.88 bits per heavy atom. The van der Waals surface area contributed by atoms with Crippen molar-refractivity contribution >= 4 is 0 Å². The standard InChI is InChI=1S/C16H28/c1-5-6-7-8-9-10-13-11-16(4)12-14(13)15(16,2)3/h5-6,13-14H,7-12H2,1-4H3/b6-5+. The van der Waals surface area contributed by atoms with Gasteiger partial charge in [-0.15, -0.1) is 0 Å². The summed E-state index contributed by atoms with van der Waals surface area (Å²) in [7, 11) is 0. The van der Waals surface area contributed by atoms with Gasteiger partial charge in [0.05, 0.1) is 0 Å².